The number of nitrogens with zero attached hydrogens (tertiary/aromatic N) is 2. The summed E-state index contributed by atoms with van der Waals surface area (Å²) >= 11 is 6.20. The largest absolute Gasteiger partial charge is 0.444 e. The lowest BCUT2D eigenvalue weighted by molar-refractivity contribution is -0.129. The predicted octanol–water partition coefficient (Wildman–Crippen LogP) is 0.637. The van der Waals surface area contributed by atoms with Crippen LogP contribution >= 0.6 is 11.6 Å². The second-order valence-electron chi connectivity index (χ2n) is 10.4. The van der Waals surface area contributed by atoms with E-state index in [9.17, 15) is 22.4 Å². The van der Waals surface area contributed by atoms with Crippen LogP contribution in [0, 0.1) is 17.8 Å². The number of alkyl halides is 2. The Hall–Kier alpha value is -1.21. The normalized spacial score (nSPS) is 31.8. The average molecular weight is 512 g/mol. The van der Waals surface area contributed by atoms with Gasteiger partial charge >= 0.3 is 6.09 Å². The minimum absolute atomic E-state index is 0.0191. The number of hydrogen-bond acceptors (Lipinski definition) is 7. The third kappa shape index (κ3) is 7.14. The molecule has 3 aliphatic rings. The molecular weight excluding hydrogens is 477 g/mol. The van der Waals surface area contributed by atoms with Gasteiger partial charge in [-0.05, 0) is 46.6 Å². The molecule has 3 fully saturated rings. The number of likely N-dealkylation sites (N-methyl/N-ethyl adjacent to an activating group) is 1. The zero-order chi connectivity index (χ0) is 24.6. The van der Waals surface area contributed by atoms with Gasteiger partial charge in [0.2, 0.25) is 15.9 Å². The molecule has 0 radical (unpaired) electrons. The Bertz CT molecular complexity index is 835. The van der Waals surface area contributed by atoms with E-state index in [4.69, 9.17) is 16.3 Å². The molecule has 0 aromatic rings. The quantitative estimate of drug-likeness (QED) is 0.353. The molecule has 0 aromatic carbocycles. The van der Waals surface area contributed by atoms with Crippen molar-refractivity contribution >= 4 is 33.6 Å². The number of sulfonamides is 1. The molecule has 3 N–H and O–H groups in total. The molecule has 190 valence electrons. The van der Waals surface area contributed by atoms with Crippen LogP contribution < -0.4 is 15.6 Å². The van der Waals surface area contributed by atoms with Crippen LogP contribution in [0.4, 0.5) is 9.18 Å². The van der Waals surface area contributed by atoms with Gasteiger partial charge < -0.3 is 9.64 Å². The summed E-state index contributed by atoms with van der Waals surface area (Å²) in [5.74, 6) is -2.29. The molecule has 10 nitrogen and oxygen atoms in total. The van der Waals surface area contributed by atoms with Gasteiger partial charge in [0.05, 0.1) is 17.0 Å². The number of halogens is 2. The molecule has 1 saturated carbocycles. The molecule has 0 bridgehead atoms. The number of ether oxygens (including phenoxy) is 1. The van der Waals surface area contributed by atoms with E-state index >= 15 is 0 Å². The Labute approximate surface area is 199 Å². The summed E-state index contributed by atoms with van der Waals surface area (Å²) in [6, 6.07) is 0.113. The Morgan fingerprint density at radius 2 is 1.88 bits per heavy atom. The van der Waals surface area contributed by atoms with Crippen LogP contribution in [0.3, 0.4) is 0 Å². The monoisotopic (exact) mass is 511 g/mol. The van der Waals surface area contributed by atoms with Crippen LogP contribution in [-0.4, -0.2) is 92.5 Å². The van der Waals surface area contributed by atoms with Gasteiger partial charge in [-0.2, -0.15) is 0 Å². The molecule has 5 unspecified atom stereocenters. The van der Waals surface area contributed by atoms with E-state index < -0.39 is 45.1 Å². The molecule has 2 aliphatic heterocycles. The van der Waals surface area contributed by atoms with Gasteiger partial charge in [-0.3, -0.25) is 20.4 Å². The minimum atomic E-state index is -3.86. The highest BCUT2D eigenvalue weighted by atomic mass is 35.5. The van der Waals surface area contributed by atoms with Crippen molar-refractivity contribution in [1.82, 2.24) is 25.4 Å². The van der Waals surface area contributed by atoms with Crippen LogP contribution in [0.15, 0.2) is 0 Å². The first-order chi connectivity index (χ1) is 15.2. The van der Waals surface area contributed by atoms with Gasteiger partial charge in [0.15, 0.2) is 0 Å². The maximum absolute atomic E-state index is 14.7. The summed E-state index contributed by atoms with van der Waals surface area (Å²) in [6.45, 7) is 7.26. The van der Waals surface area contributed by atoms with Crippen LogP contribution in [0.5, 0.6) is 0 Å². The highest BCUT2D eigenvalue weighted by molar-refractivity contribution is 7.89. The first-order valence-corrected chi connectivity index (χ1v) is 13.3. The van der Waals surface area contributed by atoms with Crippen molar-refractivity contribution < 1.29 is 27.1 Å². The molecule has 0 aromatic heterocycles. The van der Waals surface area contributed by atoms with E-state index in [-0.39, 0.29) is 43.1 Å². The van der Waals surface area contributed by atoms with Gasteiger partial charge in [0, 0.05) is 38.3 Å². The second kappa shape index (κ2) is 10.2. The molecule has 13 heteroatoms. The van der Waals surface area contributed by atoms with Crippen molar-refractivity contribution in [1.29, 1.82) is 0 Å². The number of likely N-dealkylation sites (tertiary alicyclic amines) is 1. The molecule has 0 spiro atoms. The smallest absolute Gasteiger partial charge is 0.410 e. The summed E-state index contributed by atoms with van der Waals surface area (Å²) in [4.78, 5) is 30.2. The van der Waals surface area contributed by atoms with Gasteiger partial charge in [0.25, 0.3) is 0 Å². The Kier molecular flexibility index (Phi) is 8.15. The number of nitrogens with one attached hydrogen (secondary N) is 3. The summed E-state index contributed by atoms with van der Waals surface area (Å²) < 4.78 is 44.7. The van der Waals surface area contributed by atoms with Gasteiger partial charge in [-0.1, -0.05) is 0 Å². The third-order valence-electron chi connectivity index (χ3n) is 6.25. The van der Waals surface area contributed by atoms with E-state index in [0.29, 0.717) is 6.42 Å². The number of hydrogen-bond donors (Lipinski definition) is 3. The highest BCUT2D eigenvalue weighted by Gasteiger charge is 2.44. The maximum atomic E-state index is 14.7. The zero-order valence-electron chi connectivity index (χ0n) is 19.5. The maximum Gasteiger partial charge on any atom is 0.410 e. The fourth-order valence-corrected chi connectivity index (χ4v) is 6.16. The molecule has 2 amide bonds. The lowest BCUT2D eigenvalue weighted by Crippen LogP contribution is -2.56. The van der Waals surface area contributed by atoms with Crippen molar-refractivity contribution in [3.8, 4) is 0 Å². The molecule has 5 atom stereocenters. The molecule has 3 rings (SSSR count). The van der Waals surface area contributed by atoms with E-state index in [1.165, 1.54) is 4.90 Å². The lowest BCUT2D eigenvalue weighted by atomic mass is 9.76. The summed E-state index contributed by atoms with van der Waals surface area (Å²) in [7, 11) is -1.89. The van der Waals surface area contributed by atoms with Crippen molar-refractivity contribution in [3.63, 3.8) is 0 Å². The molecule has 33 heavy (non-hydrogen) atoms. The van der Waals surface area contributed by atoms with E-state index in [1.807, 2.05) is 7.05 Å². The lowest BCUT2D eigenvalue weighted by Gasteiger charge is -2.39. The fourth-order valence-electron chi connectivity index (χ4n) is 4.58. The van der Waals surface area contributed by atoms with E-state index in [1.54, 1.807) is 20.8 Å². The van der Waals surface area contributed by atoms with Crippen molar-refractivity contribution in [2.45, 2.75) is 56.8 Å². The van der Waals surface area contributed by atoms with Crippen molar-refractivity contribution in [3.05, 3.63) is 0 Å². The number of carbonyl (C=O) groups is 2. The van der Waals surface area contributed by atoms with Gasteiger partial charge in [-0.15, -0.1) is 16.4 Å². The molecule has 2 saturated heterocycles. The summed E-state index contributed by atoms with van der Waals surface area (Å²) in [6.07, 6.45) is -1.30. The highest BCUT2D eigenvalue weighted by Crippen LogP contribution is 2.37. The zero-order valence-corrected chi connectivity index (χ0v) is 21.1. The second-order valence-corrected chi connectivity index (χ2v) is 12.8. The van der Waals surface area contributed by atoms with E-state index in [0.717, 1.165) is 13.2 Å². The van der Waals surface area contributed by atoms with Crippen molar-refractivity contribution in [2.75, 3.05) is 39.1 Å². The van der Waals surface area contributed by atoms with Crippen LogP contribution in [-0.2, 0) is 19.6 Å². The fraction of sp³-hybridized carbons (Fsp3) is 0.900. The third-order valence-corrected chi connectivity index (χ3v) is 7.99. The summed E-state index contributed by atoms with van der Waals surface area (Å²) in [5, 5.41) is 2.54. The number of carbonyl (C=O) groups excluding carboxylic acids is 2. The Morgan fingerprint density at radius 3 is 2.45 bits per heavy atom. The van der Waals surface area contributed by atoms with Crippen LogP contribution in [0.1, 0.15) is 33.6 Å². The van der Waals surface area contributed by atoms with Crippen LogP contribution in [0.2, 0.25) is 0 Å². The minimum Gasteiger partial charge on any atom is -0.444 e. The first kappa shape index (κ1) is 26.4. The number of hydrazine groups is 1. The molecule has 1 aliphatic carbocycles. The Balaban J connectivity index is 1.46. The standard InChI is InChI=1S/C20H35ClFN5O5S/c1-20(2,3)32-19(29)27-7-12(8-27)10-33(30,31)25-24-18(28)14-5-13(6-15(21)17(14)22)16-9-26(4)11-23-16/h12-17,23,25H,5-11H2,1-4H3,(H,24,28). The van der Waals surface area contributed by atoms with Gasteiger partial charge in [0.1, 0.15) is 11.8 Å². The summed E-state index contributed by atoms with van der Waals surface area (Å²) in [5.41, 5.74) is 1.54. The SMILES string of the molecule is CN1CNC(C2CC(Cl)C(F)C(C(=O)NNS(=O)(=O)CC3CN(C(=O)OC(C)(C)C)C3)C2)C1. The number of amides is 2. The van der Waals surface area contributed by atoms with Crippen LogP contribution in [0.25, 0.3) is 0 Å². The number of rotatable bonds is 6. The van der Waals surface area contributed by atoms with E-state index in [2.05, 4.69) is 20.5 Å². The Morgan fingerprint density at radius 1 is 1.21 bits per heavy atom. The van der Waals surface area contributed by atoms with Gasteiger partial charge in [-0.25, -0.2) is 17.6 Å². The van der Waals surface area contributed by atoms with Crippen molar-refractivity contribution in [2.24, 2.45) is 17.8 Å². The predicted molar refractivity (Wildman–Crippen MR) is 122 cm³/mol. The molecular formula is C20H35ClFN5O5S. The topological polar surface area (TPSA) is 120 Å². The first-order valence-electron chi connectivity index (χ1n) is 11.2. The average Bonchev–Trinajstić information content (AvgIpc) is 3.09. The molecule has 2 heterocycles.